The summed E-state index contributed by atoms with van der Waals surface area (Å²) in [4.78, 5) is 0. The van der Waals surface area contributed by atoms with Gasteiger partial charge in [-0.3, -0.25) is 0 Å². The molecule has 0 atom stereocenters. The molecule has 0 aliphatic carbocycles. The van der Waals surface area contributed by atoms with Gasteiger partial charge < -0.3 is 10.3 Å². The van der Waals surface area contributed by atoms with Crippen LogP contribution in [0.25, 0.3) is 16.6 Å². The van der Waals surface area contributed by atoms with Crippen molar-refractivity contribution in [1.29, 1.82) is 0 Å². The number of benzene rings is 2. The van der Waals surface area contributed by atoms with Crippen LogP contribution >= 0.6 is 11.6 Å². The van der Waals surface area contributed by atoms with Gasteiger partial charge in [-0.15, -0.1) is 0 Å². The van der Waals surface area contributed by atoms with Gasteiger partial charge in [0.25, 0.3) is 0 Å². The molecule has 2 N–H and O–H groups in total. The highest BCUT2D eigenvalue weighted by Gasteiger charge is 2.31. The zero-order chi connectivity index (χ0) is 15.2. The maximum atomic E-state index is 12.9. The van der Waals surface area contributed by atoms with Gasteiger partial charge in [0.15, 0.2) is 0 Å². The number of alkyl halides is 3. The van der Waals surface area contributed by atoms with Crippen LogP contribution in [0.5, 0.6) is 0 Å². The SMILES string of the molecule is Nc1cc(-n2ccc3c(Cl)cccc32)cc(C(F)(F)F)c1. The molecular weight excluding hydrogens is 301 g/mol. The van der Waals surface area contributed by atoms with E-state index in [1.165, 1.54) is 6.07 Å². The first kappa shape index (κ1) is 13.8. The molecule has 0 aliphatic rings. The number of fused-ring (bicyclic) bond motifs is 1. The van der Waals surface area contributed by atoms with Gasteiger partial charge in [0.2, 0.25) is 0 Å². The Hall–Kier alpha value is -2.14. The molecule has 108 valence electrons. The van der Waals surface area contributed by atoms with Gasteiger partial charge in [0.1, 0.15) is 0 Å². The van der Waals surface area contributed by atoms with Crippen molar-refractivity contribution in [3.8, 4) is 5.69 Å². The Balaban J connectivity index is 2.24. The predicted molar refractivity (Wildman–Crippen MR) is 77.7 cm³/mol. The lowest BCUT2D eigenvalue weighted by Gasteiger charge is -2.12. The first-order valence-corrected chi connectivity index (χ1v) is 6.48. The number of aromatic nitrogens is 1. The molecule has 6 heteroatoms. The number of halogens is 4. The van der Waals surface area contributed by atoms with Crippen LogP contribution in [0.1, 0.15) is 5.56 Å². The van der Waals surface area contributed by atoms with E-state index in [0.717, 1.165) is 23.0 Å². The molecule has 1 heterocycles. The average Bonchev–Trinajstić information content (AvgIpc) is 2.82. The summed E-state index contributed by atoms with van der Waals surface area (Å²) in [6.07, 6.45) is -2.77. The summed E-state index contributed by atoms with van der Waals surface area (Å²) in [5, 5.41) is 1.32. The molecule has 21 heavy (non-hydrogen) atoms. The number of nitrogens with two attached hydrogens (primary N) is 1. The van der Waals surface area contributed by atoms with Crippen molar-refractivity contribution in [1.82, 2.24) is 4.57 Å². The fourth-order valence-electron chi connectivity index (χ4n) is 2.29. The second-order valence-corrected chi connectivity index (χ2v) is 5.08. The van der Waals surface area contributed by atoms with Crippen LogP contribution in [0.3, 0.4) is 0 Å². The zero-order valence-electron chi connectivity index (χ0n) is 10.7. The van der Waals surface area contributed by atoms with E-state index in [2.05, 4.69) is 0 Å². The van der Waals surface area contributed by atoms with E-state index >= 15 is 0 Å². The first-order chi connectivity index (χ1) is 9.86. The Morgan fingerprint density at radius 3 is 2.52 bits per heavy atom. The normalized spacial score (nSPS) is 12.0. The van der Waals surface area contributed by atoms with Crippen LogP contribution in [0.4, 0.5) is 18.9 Å². The van der Waals surface area contributed by atoms with Crippen molar-refractivity contribution in [2.75, 3.05) is 5.73 Å². The van der Waals surface area contributed by atoms with Gasteiger partial charge in [0.05, 0.1) is 11.1 Å². The summed E-state index contributed by atoms with van der Waals surface area (Å²) in [5.41, 5.74) is 5.95. The number of rotatable bonds is 1. The third kappa shape index (κ3) is 2.45. The number of anilines is 1. The molecule has 0 radical (unpaired) electrons. The van der Waals surface area contributed by atoms with Crippen LogP contribution in [-0.2, 0) is 6.18 Å². The molecule has 0 amide bonds. The topological polar surface area (TPSA) is 30.9 Å². The summed E-state index contributed by atoms with van der Waals surface area (Å²) in [6, 6.07) is 10.5. The number of hydrogen-bond acceptors (Lipinski definition) is 1. The van der Waals surface area contributed by atoms with Crippen LogP contribution < -0.4 is 5.73 Å². The molecule has 0 unspecified atom stereocenters. The van der Waals surface area contributed by atoms with Crippen LogP contribution in [0.2, 0.25) is 5.02 Å². The van der Waals surface area contributed by atoms with E-state index in [4.69, 9.17) is 17.3 Å². The minimum Gasteiger partial charge on any atom is -0.399 e. The maximum absolute atomic E-state index is 12.9. The molecular formula is C15H10ClF3N2. The monoisotopic (exact) mass is 310 g/mol. The van der Waals surface area contributed by atoms with Gasteiger partial charge in [-0.1, -0.05) is 17.7 Å². The quantitative estimate of drug-likeness (QED) is 0.638. The van der Waals surface area contributed by atoms with Crippen LogP contribution in [0, 0.1) is 0 Å². The summed E-state index contributed by atoms with van der Waals surface area (Å²) < 4.78 is 40.3. The zero-order valence-corrected chi connectivity index (χ0v) is 11.4. The van der Waals surface area contributed by atoms with Crippen molar-refractivity contribution in [2.24, 2.45) is 0 Å². The molecule has 0 saturated heterocycles. The minimum atomic E-state index is -4.44. The van der Waals surface area contributed by atoms with Crippen LogP contribution in [-0.4, -0.2) is 4.57 Å². The number of nitrogens with zero attached hydrogens (tertiary/aromatic N) is 1. The molecule has 0 fully saturated rings. The fraction of sp³-hybridized carbons (Fsp3) is 0.0667. The van der Waals surface area contributed by atoms with E-state index < -0.39 is 11.7 Å². The Bertz CT molecular complexity index is 821. The lowest BCUT2D eigenvalue weighted by atomic mass is 10.1. The minimum absolute atomic E-state index is 0.0590. The summed E-state index contributed by atoms with van der Waals surface area (Å²) in [5.74, 6) is 0. The molecule has 2 nitrogen and oxygen atoms in total. The fourth-order valence-corrected chi connectivity index (χ4v) is 2.53. The van der Waals surface area contributed by atoms with Gasteiger partial charge in [-0.2, -0.15) is 13.2 Å². The van der Waals surface area contributed by atoms with Crippen molar-refractivity contribution in [3.05, 3.63) is 59.2 Å². The number of nitrogen functional groups attached to an aromatic ring is 1. The van der Waals surface area contributed by atoms with Gasteiger partial charge >= 0.3 is 6.18 Å². The van der Waals surface area contributed by atoms with Crippen molar-refractivity contribution >= 4 is 28.2 Å². The van der Waals surface area contributed by atoms with E-state index in [9.17, 15) is 13.2 Å². The lowest BCUT2D eigenvalue weighted by Crippen LogP contribution is -2.07. The predicted octanol–water partition coefficient (Wildman–Crippen LogP) is 4.88. The van der Waals surface area contributed by atoms with Crippen molar-refractivity contribution < 1.29 is 13.2 Å². The van der Waals surface area contributed by atoms with Gasteiger partial charge in [0, 0.05) is 28.0 Å². The third-order valence-corrected chi connectivity index (χ3v) is 3.55. The number of hydrogen-bond donors (Lipinski definition) is 1. The highest BCUT2D eigenvalue weighted by molar-refractivity contribution is 6.35. The third-order valence-electron chi connectivity index (χ3n) is 3.23. The summed E-state index contributed by atoms with van der Waals surface area (Å²) in [6.45, 7) is 0. The second-order valence-electron chi connectivity index (χ2n) is 4.67. The summed E-state index contributed by atoms with van der Waals surface area (Å²) >= 11 is 6.07. The second kappa shape index (κ2) is 4.70. The van der Waals surface area contributed by atoms with E-state index in [0.29, 0.717) is 10.7 Å². The lowest BCUT2D eigenvalue weighted by molar-refractivity contribution is -0.137. The Kier molecular flexibility index (Phi) is 3.10. The van der Waals surface area contributed by atoms with Gasteiger partial charge in [-0.25, -0.2) is 0 Å². The molecule has 1 aromatic heterocycles. The maximum Gasteiger partial charge on any atom is 0.416 e. The molecule has 0 saturated carbocycles. The van der Waals surface area contributed by atoms with E-state index in [-0.39, 0.29) is 5.69 Å². The molecule has 3 aromatic rings. The molecule has 0 bridgehead atoms. The van der Waals surface area contributed by atoms with Gasteiger partial charge in [-0.05, 0) is 36.4 Å². The highest BCUT2D eigenvalue weighted by atomic mass is 35.5. The first-order valence-electron chi connectivity index (χ1n) is 6.10. The molecule has 0 aliphatic heterocycles. The molecule has 3 rings (SSSR count). The largest absolute Gasteiger partial charge is 0.416 e. The van der Waals surface area contributed by atoms with Crippen LogP contribution in [0.15, 0.2) is 48.7 Å². The standard InChI is InChI=1S/C15H10ClF3N2/c16-13-2-1-3-14-12(13)4-5-21(14)11-7-9(15(17,18)19)6-10(20)8-11/h1-8H,20H2. The molecule has 0 spiro atoms. The van der Waals surface area contributed by atoms with E-state index in [1.54, 1.807) is 35.0 Å². The Morgan fingerprint density at radius 2 is 1.81 bits per heavy atom. The smallest absolute Gasteiger partial charge is 0.399 e. The Labute approximate surface area is 123 Å². The summed E-state index contributed by atoms with van der Waals surface area (Å²) in [7, 11) is 0. The Morgan fingerprint density at radius 1 is 1.05 bits per heavy atom. The van der Waals surface area contributed by atoms with Crippen molar-refractivity contribution in [2.45, 2.75) is 6.18 Å². The van der Waals surface area contributed by atoms with E-state index in [1.807, 2.05) is 0 Å². The highest BCUT2D eigenvalue weighted by Crippen LogP contribution is 2.33. The molecule has 2 aromatic carbocycles. The average molecular weight is 311 g/mol. The van der Waals surface area contributed by atoms with Crippen molar-refractivity contribution in [3.63, 3.8) is 0 Å².